The summed E-state index contributed by atoms with van der Waals surface area (Å²) < 4.78 is 13.9. The third-order valence-corrected chi connectivity index (χ3v) is 7.02. The molecule has 0 fully saturated rings. The van der Waals surface area contributed by atoms with Gasteiger partial charge in [-0.05, 0) is 48.6 Å². The summed E-state index contributed by atoms with van der Waals surface area (Å²) >= 11 is 0. The summed E-state index contributed by atoms with van der Waals surface area (Å²) in [6, 6.07) is 23.0. The van der Waals surface area contributed by atoms with Crippen LogP contribution in [-0.2, 0) is 4.79 Å². The Morgan fingerprint density at radius 3 is 2.25 bits per heavy atom. The number of aliphatic hydroxyl groups is 1. The third kappa shape index (κ3) is 4.15. The van der Waals surface area contributed by atoms with E-state index in [9.17, 15) is 19.7 Å². The number of carbonyl (C=O) groups excluding carboxylic acids is 1. The molecule has 0 saturated heterocycles. The van der Waals surface area contributed by atoms with Crippen LogP contribution < -0.4 is 4.90 Å². The highest BCUT2D eigenvalue weighted by molar-refractivity contribution is 6.19. The van der Waals surface area contributed by atoms with Crippen molar-refractivity contribution in [1.82, 2.24) is 0 Å². The van der Waals surface area contributed by atoms with E-state index in [-0.39, 0.29) is 28.6 Å². The highest BCUT2D eigenvalue weighted by Gasteiger charge is 2.46. The highest BCUT2D eigenvalue weighted by atomic mass is 19.1. The molecule has 182 valence electrons. The molecule has 36 heavy (non-hydrogen) atoms. The second kappa shape index (κ2) is 8.90. The number of para-hydroxylation sites is 1. The van der Waals surface area contributed by atoms with E-state index in [2.05, 4.69) is 13.8 Å². The zero-order valence-electron chi connectivity index (χ0n) is 20.7. The summed E-state index contributed by atoms with van der Waals surface area (Å²) in [6.07, 6.45) is 0.958. The number of hydrogen-bond acceptors (Lipinski definition) is 3. The molecular weight excluding hydrogens is 451 g/mol. The third-order valence-electron chi connectivity index (χ3n) is 7.02. The van der Waals surface area contributed by atoms with E-state index >= 15 is 0 Å². The van der Waals surface area contributed by atoms with Gasteiger partial charge in [0, 0.05) is 40.4 Å². The molecule has 3 aromatic carbocycles. The first-order chi connectivity index (χ1) is 17.2. The minimum atomic E-state index is -0.682. The number of carbonyl (C=O) groups is 1. The molecule has 5 rings (SSSR count). The average molecular weight is 481 g/mol. The van der Waals surface area contributed by atoms with Crippen LogP contribution >= 0.6 is 0 Å². The molecule has 0 spiro atoms. The summed E-state index contributed by atoms with van der Waals surface area (Å²) in [5.41, 5.74) is 4.42. The minimum Gasteiger partial charge on any atom is -0.507 e. The Kier molecular flexibility index (Phi) is 5.87. The molecule has 4 nitrogen and oxygen atoms in total. The number of benzene rings is 3. The molecule has 2 aliphatic rings. The van der Waals surface area contributed by atoms with E-state index in [0.29, 0.717) is 35.1 Å². The van der Waals surface area contributed by atoms with E-state index in [1.54, 1.807) is 17.0 Å². The van der Waals surface area contributed by atoms with Gasteiger partial charge < -0.3 is 5.11 Å². The van der Waals surface area contributed by atoms with Gasteiger partial charge in [-0.3, -0.25) is 15.1 Å². The van der Waals surface area contributed by atoms with Crippen molar-refractivity contribution < 1.29 is 14.3 Å². The Morgan fingerprint density at radius 2 is 1.61 bits per heavy atom. The maximum absolute atomic E-state index is 13.9. The average Bonchev–Trinajstić information content (AvgIpc) is 2.84. The van der Waals surface area contributed by atoms with E-state index < -0.39 is 5.92 Å². The van der Waals surface area contributed by atoms with Crippen LogP contribution in [0.1, 0.15) is 49.3 Å². The van der Waals surface area contributed by atoms with Crippen molar-refractivity contribution in [2.45, 2.75) is 39.5 Å². The van der Waals surface area contributed by atoms with Crippen LogP contribution in [-0.4, -0.2) is 16.7 Å². The molecule has 1 aliphatic heterocycles. The van der Waals surface area contributed by atoms with Crippen molar-refractivity contribution in [3.8, 4) is 0 Å². The number of halogens is 1. The number of anilines is 1. The fourth-order valence-electron chi connectivity index (χ4n) is 5.33. The standard InChI is InChI=1S/C31H29FN2O2/c1-19-9-11-21(12-10-19)29(36)28-26(20-13-15-22(32)16-14-20)27-24(17-31(2,3)18-25(27)35)34(30(28)33)23-7-5-4-6-8-23/h4-16,26,33,36H,17-18H2,1-3H3/b29-28+,33-30?. The maximum Gasteiger partial charge on any atom is 0.162 e. The highest BCUT2D eigenvalue weighted by Crippen LogP contribution is 2.51. The first kappa shape index (κ1) is 23.7. The van der Waals surface area contributed by atoms with Crippen molar-refractivity contribution in [1.29, 1.82) is 5.41 Å². The van der Waals surface area contributed by atoms with Crippen molar-refractivity contribution >= 4 is 23.1 Å². The number of aliphatic hydroxyl groups excluding tert-OH is 1. The van der Waals surface area contributed by atoms with E-state index in [0.717, 1.165) is 16.9 Å². The number of allylic oxidation sites excluding steroid dienone is 2. The number of nitrogens with zero attached hydrogens (tertiary/aromatic N) is 1. The molecule has 0 radical (unpaired) electrons. The molecule has 1 unspecified atom stereocenters. The number of amidine groups is 1. The van der Waals surface area contributed by atoms with Crippen molar-refractivity contribution in [2.75, 3.05) is 4.90 Å². The summed E-state index contributed by atoms with van der Waals surface area (Å²) in [6.45, 7) is 6.08. The largest absolute Gasteiger partial charge is 0.507 e. The number of aryl methyl sites for hydroxylation is 1. The van der Waals surface area contributed by atoms with Crippen LogP contribution in [0.25, 0.3) is 5.76 Å². The molecule has 1 aliphatic carbocycles. The van der Waals surface area contributed by atoms with Gasteiger partial charge in [0.25, 0.3) is 0 Å². The van der Waals surface area contributed by atoms with Gasteiger partial charge in [-0.2, -0.15) is 0 Å². The zero-order chi connectivity index (χ0) is 25.6. The first-order valence-electron chi connectivity index (χ1n) is 12.1. The fourth-order valence-corrected chi connectivity index (χ4v) is 5.33. The summed E-state index contributed by atoms with van der Waals surface area (Å²) in [5, 5.41) is 21.0. The minimum absolute atomic E-state index is 0.0155. The summed E-state index contributed by atoms with van der Waals surface area (Å²) in [7, 11) is 0. The predicted octanol–water partition coefficient (Wildman–Crippen LogP) is 7.33. The number of hydrogen-bond donors (Lipinski definition) is 2. The first-order valence-corrected chi connectivity index (χ1v) is 12.1. The van der Waals surface area contributed by atoms with Crippen LogP contribution in [0.3, 0.4) is 0 Å². The van der Waals surface area contributed by atoms with Gasteiger partial charge in [0.15, 0.2) is 5.78 Å². The number of rotatable bonds is 3. The molecule has 1 atom stereocenters. The lowest BCUT2D eigenvalue weighted by Gasteiger charge is -2.45. The lowest BCUT2D eigenvalue weighted by molar-refractivity contribution is -0.118. The second-order valence-corrected chi connectivity index (χ2v) is 10.4. The normalized spacial score (nSPS) is 20.9. The molecule has 2 N–H and O–H groups in total. The van der Waals surface area contributed by atoms with Gasteiger partial charge in [-0.15, -0.1) is 0 Å². The Bertz CT molecular complexity index is 1400. The SMILES string of the molecule is Cc1ccc(/C(O)=C2\C(=N)N(c3ccccc3)C3=C(C(=O)CC(C)(C)C3)C2c2ccc(F)cc2)cc1. The number of ketones is 1. The molecule has 1 heterocycles. The van der Waals surface area contributed by atoms with Crippen LogP contribution in [0, 0.1) is 23.6 Å². The number of nitrogens with one attached hydrogen (secondary N) is 1. The topological polar surface area (TPSA) is 64.4 Å². The summed E-state index contributed by atoms with van der Waals surface area (Å²) in [5.74, 6) is -1.03. The fraction of sp³-hybridized carbons (Fsp3) is 0.226. The smallest absolute Gasteiger partial charge is 0.162 e. The van der Waals surface area contributed by atoms with Crippen LogP contribution in [0.15, 0.2) is 95.7 Å². The van der Waals surface area contributed by atoms with Gasteiger partial charge in [0.2, 0.25) is 0 Å². The Balaban J connectivity index is 1.84. The Morgan fingerprint density at radius 1 is 0.972 bits per heavy atom. The van der Waals surface area contributed by atoms with Crippen molar-refractivity contribution in [3.63, 3.8) is 0 Å². The van der Waals surface area contributed by atoms with E-state index in [4.69, 9.17) is 0 Å². The van der Waals surface area contributed by atoms with Crippen LogP contribution in [0.5, 0.6) is 0 Å². The molecule has 5 heteroatoms. The quantitative estimate of drug-likeness (QED) is 0.386. The Hall–Kier alpha value is -3.99. The van der Waals surface area contributed by atoms with Gasteiger partial charge in [0.05, 0.1) is 0 Å². The molecule has 0 amide bonds. The summed E-state index contributed by atoms with van der Waals surface area (Å²) in [4.78, 5) is 15.6. The van der Waals surface area contributed by atoms with Crippen LogP contribution in [0.2, 0.25) is 0 Å². The molecule has 0 aromatic heterocycles. The predicted molar refractivity (Wildman–Crippen MR) is 142 cm³/mol. The second-order valence-electron chi connectivity index (χ2n) is 10.4. The van der Waals surface area contributed by atoms with Crippen molar-refractivity contribution in [2.24, 2.45) is 5.41 Å². The van der Waals surface area contributed by atoms with Gasteiger partial charge in [-0.1, -0.05) is 74.0 Å². The van der Waals surface area contributed by atoms with Crippen molar-refractivity contribution in [3.05, 3.63) is 118 Å². The van der Waals surface area contributed by atoms with Gasteiger partial charge in [-0.25, -0.2) is 4.39 Å². The monoisotopic (exact) mass is 480 g/mol. The maximum atomic E-state index is 13.9. The molecule has 0 saturated carbocycles. The molecular formula is C31H29FN2O2. The molecule has 0 bridgehead atoms. The zero-order valence-corrected chi connectivity index (χ0v) is 20.7. The lowest BCUT2D eigenvalue weighted by atomic mass is 9.67. The lowest BCUT2D eigenvalue weighted by Crippen LogP contribution is -2.45. The molecule has 3 aromatic rings. The Labute approximate surface area is 210 Å². The number of Topliss-reactive ketones (excluding diaryl/α,β-unsaturated/α-hetero) is 1. The van der Waals surface area contributed by atoms with Gasteiger partial charge >= 0.3 is 0 Å². The van der Waals surface area contributed by atoms with E-state index in [1.807, 2.05) is 61.5 Å². The van der Waals surface area contributed by atoms with Crippen LogP contribution in [0.4, 0.5) is 10.1 Å². The van der Waals surface area contributed by atoms with Gasteiger partial charge in [0.1, 0.15) is 17.4 Å². The van der Waals surface area contributed by atoms with E-state index in [1.165, 1.54) is 12.1 Å².